The van der Waals surface area contributed by atoms with Crippen LogP contribution in [0.5, 0.6) is 11.5 Å². The second-order valence-corrected chi connectivity index (χ2v) is 9.48. The lowest BCUT2D eigenvalue weighted by Gasteiger charge is -2.13. The Morgan fingerprint density at radius 2 is 1.57 bits per heavy atom. The Labute approximate surface area is 177 Å². The van der Waals surface area contributed by atoms with Gasteiger partial charge in [-0.1, -0.05) is 56.8 Å². The van der Waals surface area contributed by atoms with Crippen LogP contribution in [0.4, 0.5) is 0 Å². The van der Waals surface area contributed by atoms with Crippen LogP contribution in [0.1, 0.15) is 40.0 Å². The maximum absolute atomic E-state index is 12.9. The first kappa shape index (κ1) is 22.9. The van der Waals surface area contributed by atoms with Gasteiger partial charge in [0.05, 0.1) is 33.0 Å². The average Bonchev–Trinajstić information content (AvgIpc) is 2.68. The Bertz CT molecular complexity index is 857. The van der Waals surface area contributed by atoms with Gasteiger partial charge in [-0.15, -0.1) is 0 Å². The highest BCUT2D eigenvalue weighted by Gasteiger charge is 2.21. The van der Waals surface area contributed by atoms with Crippen molar-refractivity contribution in [2.24, 2.45) is 5.92 Å². The number of ether oxygens (including phenoxy) is 2. The molecule has 0 saturated carbocycles. The van der Waals surface area contributed by atoms with Gasteiger partial charge in [0.1, 0.15) is 5.75 Å². The number of hydrogen-bond donors (Lipinski definition) is 0. The number of hydrogen-bond acceptors (Lipinski definition) is 4. The number of unbranched alkanes of at least 4 members (excludes halogenated alkanes) is 1. The summed E-state index contributed by atoms with van der Waals surface area (Å²) in [5.74, 6) is 1.38. The molecule has 0 heterocycles. The third kappa shape index (κ3) is 5.79. The monoisotopic (exact) mass is 444 g/mol. The van der Waals surface area contributed by atoms with E-state index in [1.165, 1.54) is 24.3 Å². The molecule has 7 heteroatoms. The van der Waals surface area contributed by atoms with Gasteiger partial charge in [0, 0.05) is 0 Å². The van der Waals surface area contributed by atoms with E-state index in [1.807, 2.05) is 6.92 Å². The Morgan fingerprint density at radius 1 is 0.964 bits per heavy atom. The molecule has 0 amide bonds. The molecule has 0 bridgehead atoms. The summed E-state index contributed by atoms with van der Waals surface area (Å²) in [4.78, 5) is 0.175. The molecular weight excluding hydrogens is 419 g/mol. The van der Waals surface area contributed by atoms with Crippen LogP contribution in [0.25, 0.3) is 0 Å². The molecule has 0 unspecified atom stereocenters. The first-order valence-electron chi connectivity index (χ1n) is 9.39. The fourth-order valence-corrected chi connectivity index (χ4v) is 4.39. The van der Waals surface area contributed by atoms with Gasteiger partial charge < -0.3 is 9.47 Å². The third-order valence-corrected chi connectivity index (χ3v) is 6.70. The topological polar surface area (TPSA) is 52.6 Å². The molecule has 0 spiro atoms. The first-order chi connectivity index (χ1) is 13.3. The summed E-state index contributed by atoms with van der Waals surface area (Å²) in [5.41, 5.74) is 0. The maximum Gasteiger partial charge on any atom is 0.206 e. The smallest absolute Gasteiger partial charge is 0.206 e. The lowest BCUT2D eigenvalue weighted by Crippen LogP contribution is -2.07. The molecule has 0 aliphatic rings. The van der Waals surface area contributed by atoms with Gasteiger partial charge in [-0.05, 0) is 48.7 Å². The van der Waals surface area contributed by atoms with E-state index >= 15 is 0 Å². The molecule has 2 aromatic rings. The Kier molecular flexibility index (Phi) is 8.47. The standard InChI is InChI=1S/C21H26Cl2O4S/c1-4-6-11-26-21-19(22)12-18(13-20(21)23)28(24,25)17-9-7-16(8-10-17)27-14-15(3)5-2/h7-10,12-13,15H,4-6,11,14H2,1-3H3/t15-/m0/s1. The van der Waals surface area contributed by atoms with E-state index < -0.39 is 9.84 Å². The van der Waals surface area contributed by atoms with Gasteiger partial charge in [0.15, 0.2) is 5.75 Å². The van der Waals surface area contributed by atoms with E-state index in [4.69, 9.17) is 32.7 Å². The van der Waals surface area contributed by atoms with Gasteiger partial charge in [-0.3, -0.25) is 0 Å². The van der Waals surface area contributed by atoms with Crippen LogP contribution in [-0.2, 0) is 9.84 Å². The molecule has 0 aromatic heterocycles. The highest BCUT2D eigenvalue weighted by Crippen LogP contribution is 2.37. The summed E-state index contributed by atoms with van der Waals surface area (Å²) in [6, 6.07) is 9.10. The molecule has 0 saturated heterocycles. The number of sulfone groups is 1. The predicted molar refractivity (Wildman–Crippen MR) is 114 cm³/mol. The molecule has 0 aliphatic carbocycles. The van der Waals surface area contributed by atoms with Crippen LogP contribution >= 0.6 is 23.2 Å². The number of halogens is 2. The second kappa shape index (κ2) is 10.4. The van der Waals surface area contributed by atoms with E-state index in [9.17, 15) is 8.42 Å². The first-order valence-corrected chi connectivity index (χ1v) is 11.6. The van der Waals surface area contributed by atoms with Gasteiger partial charge in [-0.2, -0.15) is 0 Å². The molecule has 154 valence electrons. The quantitative estimate of drug-likeness (QED) is 0.396. The van der Waals surface area contributed by atoms with Crippen LogP contribution in [0.3, 0.4) is 0 Å². The van der Waals surface area contributed by atoms with E-state index in [-0.39, 0.29) is 19.8 Å². The van der Waals surface area contributed by atoms with Crippen LogP contribution in [0, 0.1) is 5.92 Å². The molecule has 1 atom stereocenters. The highest BCUT2D eigenvalue weighted by molar-refractivity contribution is 7.91. The SMILES string of the molecule is CCCCOc1c(Cl)cc(S(=O)(=O)c2ccc(OC[C@@H](C)CC)cc2)cc1Cl. The minimum atomic E-state index is -3.76. The summed E-state index contributed by atoms with van der Waals surface area (Å²) in [5, 5.41) is 0.353. The van der Waals surface area contributed by atoms with Crippen LogP contribution in [0.15, 0.2) is 46.2 Å². The van der Waals surface area contributed by atoms with Crippen molar-refractivity contribution in [3.63, 3.8) is 0 Å². The Balaban J connectivity index is 2.22. The lowest BCUT2D eigenvalue weighted by molar-refractivity contribution is 0.256. The zero-order chi connectivity index (χ0) is 20.7. The summed E-state index contributed by atoms with van der Waals surface area (Å²) in [6.07, 6.45) is 2.85. The molecular formula is C21H26Cl2O4S. The van der Waals surface area contributed by atoms with Gasteiger partial charge >= 0.3 is 0 Å². The minimum Gasteiger partial charge on any atom is -0.493 e. The van der Waals surface area contributed by atoms with Crippen molar-refractivity contribution in [1.29, 1.82) is 0 Å². The maximum atomic E-state index is 12.9. The van der Waals surface area contributed by atoms with Gasteiger partial charge in [0.2, 0.25) is 9.84 Å². The molecule has 28 heavy (non-hydrogen) atoms. The van der Waals surface area contributed by atoms with E-state index in [1.54, 1.807) is 12.1 Å². The summed E-state index contributed by atoms with van der Waals surface area (Å²) >= 11 is 12.4. The van der Waals surface area contributed by atoms with E-state index in [2.05, 4.69) is 13.8 Å². The zero-order valence-electron chi connectivity index (χ0n) is 16.4. The molecule has 0 N–H and O–H groups in total. The summed E-state index contributed by atoms with van der Waals surface area (Å²) < 4.78 is 37.1. The molecule has 2 rings (SSSR count). The van der Waals surface area contributed by atoms with Crippen LogP contribution in [-0.4, -0.2) is 21.6 Å². The highest BCUT2D eigenvalue weighted by atomic mass is 35.5. The fraction of sp³-hybridized carbons (Fsp3) is 0.429. The largest absolute Gasteiger partial charge is 0.493 e. The number of rotatable bonds is 10. The van der Waals surface area contributed by atoms with Crippen molar-refractivity contribution in [3.8, 4) is 11.5 Å². The third-order valence-electron chi connectivity index (χ3n) is 4.39. The van der Waals surface area contributed by atoms with Crippen molar-refractivity contribution in [1.82, 2.24) is 0 Å². The lowest BCUT2D eigenvalue weighted by atomic mass is 10.1. The van der Waals surface area contributed by atoms with Gasteiger partial charge in [-0.25, -0.2) is 8.42 Å². The zero-order valence-corrected chi connectivity index (χ0v) is 18.7. The Hall–Kier alpha value is -1.43. The van der Waals surface area contributed by atoms with Crippen molar-refractivity contribution >= 4 is 33.0 Å². The molecule has 0 radical (unpaired) electrons. The normalized spacial score (nSPS) is 12.6. The van der Waals surface area contributed by atoms with Crippen molar-refractivity contribution in [2.45, 2.75) is 49.8 Å². The van der Waals surface area contributed by atoms with Crippen molar-refractivity contribution in [2.75, 3.05) is 13.2 Å². The van der Waals surface area contributed by atoms with Crippen LogP contribution < -0.4 is 9.47 Å². The average molecular weight is 445 g/mol. The molecule has 0 fully saturated rings. The summed E-state index contributed by atoms with van der Waals surface area (Å²) in [6.45, 7) is 7.30. The predicted octanol–water partition coefficient (Wildman–Crippen LogP) is 6.43. The van der Waals surface area contributed by atoms with E-state index in [0.717, 1.165) is 19.3 Å². The minimum absolute atomic E-state index is 0.0265. The molecule has 0 aliphatic heterocycles. The van der Waals surface area contributed by atoms with E-state index in [0.29, 0.717) is 30.6 Å². The molecule has 2 aromatic carbocycles. The molecule has 4 nitrogen and oxygen atoms in total. The van der Waals surface area contributed by atoms with Gasteiger partial charge in [0.25, 0.3) is 0 Å². The van der Waals surface area contributed by atoms with Crippen LogP contribution in [0.2, 0.25) is 10.0 Å². The summed E-state index contributed by atoms with van der Waals surface area (Å²) in [7, 11) is -3.76. The van der Waals surface area contributed by atoms with Crippen molar-refractivity contribution in [3.05, 3.63) is 46.4 Å². The van der Waals surface area contributed by atoms with Crippen molar-refractivity contribution < 1.29 is 17.9 Å². The second-order valence-electron chi connectivity index (χ2n) is 6.72. The fourth-order valence-electron chi connectivity index (χ4n) is 2.36. The Morgan fingerprint density at radius 3 is 2.11 bits per heavy atom. The number of benzene rings is 2.